The van der Waals surface area contributed by atoms with Gasteiger partial charge >= 0.3 is 5.97 Å². The van der Waals surface area contributed by atoms with Gasteiger partial charge in [0.15, 0.2) is 0 Å². The second kappa shape index (κ2) is 8.57. The fraction of sp³-hybridized carbons (Fsp3) is 0.938. The van der Waals surface area contributed by atoms with Crippen LogP contribution in [0.5, 0.6) is 0 Å². The number of hydrogen-bond acceptors (Lipinski definition) is 2. The number of rotatable bonds is 8. The molecule has 1 fully saturated rings. The number of carbonyl (C=O) groups is 1. The van der Waals surface area contributed by atoms with Crippen LogP contribution in [0.4, 0.5) is 0 Å². The molecule has 1 aliphatic rings. The molecule has 19 heavy (non-hydrogen) atoms. The van der Waals surface area contributed by atoms with E-state index in [-0.39, 0.29) is 12.5 Å². The molecule has 3 atom stereocenters. The number of carboxylic acids is 1. The van der Waals surface area contributed by atoms with E-state index in [4.69, 9.17) is 10.8 Å². The van der Waals surface area contributed by atoms with Gasteiger partial charge in [0.1, 0.15) is 0 Å². The first-order valence-electron chi connectivity index (χ1n) is 7.96. The molecule has 3 nitrogen and oxygen atoms in total. The zero-order valence-corrected chi connectivity index (χ0v) is 12.6. The van der Waals surface area contributed by atoms with Gasteiger partial charge in [-0.05, 0) is 24.2 Å². The number of carboxylic acid groups (broad SMARTS) is 1. The lowest BCUT2D eigenvalue weighted by Gasteiger charge is -2.25. The molecule has 0 amide bonds. The molecule has 0 aromatic heterocycles. The Hall–Kier alpha value is -0.570. The maximum Gasteiger partial charge on any atom is 0.304 e. The van der Waals surface area contributed by atoms with Crippen molar-refractivity contribution in [3.63, 3.8) is 0 Å². The average Bonchev–Trinajstić information content (AvgIpc) is 2.36. The topological polar surface area (TPSA) is 63.3 Å². The lowest BCUT2D eigenvalue weighted by Crippen LogP contribution is -2.31. The van der Waals surface area contributed by atoms with Gasteiger partial charge in [-0.15, -0.1) is 0 Å². The Morgan fingerprint density at radius 3 is 2.47 bits per heavy atom. The highest BCUT2D eigenvalue weighted by Crippen LogP contribution is 2.30. The molecule has 0 bridgehead atoms. The largest absolute Gasteiger partial charge is 0.481 e. The Bertz CT molecular complexity index is 261. The van der Waals surface area contributed by atoms with E-state index in [1.54, 1.807) is 0 Å². The summed E-state index contributed by atoms with van der Waals surface area (Å²) in [5.74, 6) is 1.13. The minimum absolute atomic E-state index is 0.0938. The Kier molecular flexibility index (Phi) is 7.44. The minimum Gasteiger partial charge on any atom is -0.481 e. The first kappa shape index (κ1) is 16.5. The van der Waals surface area contributed by atoms with E-state index >= 15 is 0 Å². The zero-order valence-electron chi connectivity index (χ0n) is 12.6. The molecule has 0 radical (unpaired) electrons. The molecule has 0 saturated heterocycles. The third-order valence-electron chi connectivity index (χ3n) is 4.71. The third-order valence-corrected chi connectivity index (χ3v) is 4.71. The van der Waals surface area contributed by atoms with Crippen LogP contribution in [0.25, 0.3) is 0 Å². The number of hydrogen-bond donors (Lipinski definition) is 2. The second-order valence-corrected chi connectivity index (χ2v) is 6.66. The van der Waals surface area contributed by atoms with Gasteiger partial charge < -0.3 is 10.8 Å². The van der Waals surface area contributed by atoms with Crippen molar-refractivity contribution in [3.8, 4) is 0 Å². The predicted molar refractivity (Wildman–Crippen MR) is 79.0 cm³/mol. The van der Waals surface area contributed by atoms with Crippen molar-refractivity contribution in [3.05, 3.63) is 0 Å². The Morgan fingerprint density at radius 1 is 1.26 bits per heavy atom. The SMILES string of the molecule is CC(CCC1CCCCC1)CC(C)C(N)CC(=O)O. The lowest BCUT2D eigenvalue weighted by atomic mass is 9.82. The van der Waals surface area contributed by atoms with Crippen molar-refractivity contribution < 1.29 is 9.90 Å². The number of nitrogens with two attached hydrogens (primary N) is 1. The molecule has 0 aliphatic heterocycles. The first-order valence-corrected chi connectivity index (χ1v) is 7.96. The normalized spacial score (nSPS) is 21.8. The zero-order chi connectivity index (χ0) is 14.3. The lowest BCUT2D eigenvalue weighted by molar-refractivity contribution is -0.137. The summed E-state index contributed by atoms with van der Waals surface area (Å²) in [7, 11) is 0. The van der Waals surface area contributed by atoms with Crippen LogP contribution < -0.4 is 5.73 Å². The highest BCUT2D eigenvalue weighted by atomic mass is 16.4. The standard InChI is InChI=1S/C16H31NO2/c1-12(8-9-14-6-4-3-5-7-14)10-13(2)15(17)11-16(18)19/h12-15H,3-11,17H2,1-2H3,(H,18,19). The van der Waals surface area contributed by atoms with Gasteiger partial charge in [0.2, 0.25) is 0 Å². The fourth-order valence-electron chi connectivity index (χ4n) is 3.33. The predicted octanol–water partition coefficient (Wildman–Crippen LogP) is 3.81. The summed E-state index contributed by atoms with van der Waals surface area (Å²) >= 11 is 0. The molecule has 3 N–H and O–H groups in total. The van der Waals surface area contributed by atoms with E-state index in [2.05, 4.69) is 13.8 Å². The Labute approximate surface area is 118 Å². The molecule has 1 rings (SSSR count). The molecule has 0 heterocycles. The summed E-state index contributed by atoms with van der Waals surface area (Å²) in [6.07, 6.45) is 10.9. The maximum atomic E-state index is 10.7. The number of aliphatic carboxylic acids is 1. The smallest absolute Gasteiger partial charge is 0.304 e. The van der Waals surface area contributed by atoms with Gasteiger partial charge in [-0.1, -0.05) is 58.8 Å². The molecule has 0 spiro atoms. The molecular weight excluding hydrogens is 238 g/mol. The molecule has 112 valence electrons. The molecular formula is C16H31NO2. The van der Waals surface area contributed by atoms with Gasteiger partial charge in [-0.3, -0.25) is 4.79 Å². The van der Waals surface area contributed by atoms with Crippen LogP contribution in [0, 0.1) is 17.8 Å². The quantitative estimate of drug-likeness (QED) is 0.704. The van der Waals surface area contributed by atoms with E-state index < -0.39 is 5.97 Å². The van der Waals surface area contributed by atoms with Crippen LogP contribution in [0.1, 0.15) is 71.6 Å². The van der Waals surface area contributed by atoms with Crippen LogP contribution in [-0.2, 0) is 4.79 Å². The molecule has 0 aromatic rings. The summed E-state index contributed by atoms with van der Waals surface area (Å²) in [5.41, 5.74) is 5.92. The summed E-state index contributed by atoms with van der Waals surface area (Å²) in [5, 5.41) is 8.76. The molecule has 1 aliphatic carbocycles. The minimum atomic E-state index is -0.783. The molecule has 3 unspecified atom stereocenters. The maximum absolute atomic E-state index is 10.7. The highest BCUT2D eigenvalue weighted by Gasteiger charge is 2.20. The molecule has 0 aromatic carbocycles. The molecule has 3 heteroatoms. The average molecular weight is 269 g/mol. The Morgan fingerprint density at radius 2 is 1.89 bits per heavy atom. The van der Waals surface area contributed by atoms with Crippen molar-refractivity contribution in [1.82, 2.24) is 0 Å². The van der Waals surface area contributed by atoms with Crippen molar-refractivity contribution >= 4 is 5.97 Å². The summed E-state index contributed by atoms with van der Waals surface area (Å²) in [6.45, 7) is 4.37. The first-order chi connectivity index (χ1) is 8.99. The molecule has 1 saturated carbocycles. The summed E-state index contributed by atoms with van der Waals surface area (Å²) < 4.78 is 0. The van der Waals surface area contributed by atoms with Crippen molar-refractivity contribution in [2.24, 2.45) is 23.5 Å². The van der Waals surface area contributed by atoms with Gasteiger partial charge in [0.05, 0.1) is 6.42 Å². The van der Waals surface area contributed by atoms with Crippen LogP contribution in [0.3, 0.4) is 0 Å². The third kappa shape index (κ3) is 6.95. The van der Waals surface area contributed by atoms with Crippen LogP contribution in [0.2, 0.25) is 0 Å². The summed E-state index contributed by atoms with van der Waals surface area (Å²) in [6, 6.07) is -0.199. The second-order valence-electron chi connectivity index (χ2n) is 6.66. The van der Waals surface area contributed by atoms with Crippen molar-refractivity contribution in [2.75, 3.05) is 0 Å². The van der Waals surface area contributed by atoms with Gasteiger partial charge in [0, 0.05) is 6.04 Å². The van der Waals surface area contributed by atoms with Crippen molar-refractivity contribution in [1.29, 1.82) is 0 Å². The Balaban J connectivity index is 2.18. The van der Waals surface area contributed by atoms with Crippen molar-refractivity contribution in [2.45, 2.75) is 77.7 Å². The highest BCUT2D eigenvalue weighted by molar-refractivity contribution is 5.67. The van der Waals surface area contributed by atoms with E-state index in [0.717, 1.165) is 12.3 Å². The van der Waals surface area contributed by atoms with E-state index in [1.807, 2.05) is 0 Å². The fourth-order valence-corrected chi connectivity index (χ4v) is 3.33. The summed E-state index contributed by atoms with van der Waals surface area (Å²) in [4.78, 5) is 10.7. The van der Waals surface area contributed by atoms with E-state index in [1.165, 1.54) is 44.9 Å². The van der Waals surface area contributed by atoms with Gasteiger partial charge in [-0.2, -0.15) is 0 Å². The monoisotopic (exact) mass is 269 g/mol. The van der Waals surface area contributed by atoms with Crippen LogP contribution in [-0.4, -0.2) is 17.1 Å². The van der Waals surface area contributed by atoms with Crippen LogP contribution in [0.15, 0.2) is 0 Å². The van der Waals surface area contributed by atoms with E-state index in [0.29, 0.717) is 11.8 Å². The van der Waals surface area contributed by atoms with Gasteiger partial charge in [0.25, 0.3) is 0 Å². The van der Waals surface area contributed by atoms with E-state index in [9.17, 15) is 4.79 Å². The van der Waals surface area contributed by atoms with Crippen LogP contribution >= 0.6 is 0 Å². The van der Waals surface area contributed by atoms with Gasteiger partial charge in [-0.25, -0.2) is 0 Å².